The molecule has 0 aromatic rings. The molecule has 0 aliphatic heterocycles. The Labute approximate surface area is 82.3 Å². The Morgan fingerprint density at radius 2 is 1.79 bits per heavy atom. The van der Waals surface area contributed by atoms with Crippen LogP contribution in [0.25, 0.3) is 0 Å². The molecular formula is C7H15N7. The maximum atomic E-state index is 7.34. The van der Waals surface area contributed by atoms with Crippen molar-refractivity contribution in [2.24, 2.45) is 32.2 Å². The van der Waals surface area contributed by atoms with Gasteiger partial charge in [0.15, 0.2) is 0 Å². The minimum absolute atomic E-state index is 0.0372. The molecule has 0 rings (SSSR count). The van der Waals surface area contributed by atoms with Crippen LogP contribution in [0.15, 0.2) is 15.0 Å². The number of amidine groups is 3. The van der Waals surface area contributed by atoms with Crippen LogP contribution in [0.3, 0.4) is 0 Å². The van der Waals surface area contributed by atoms with Crippen molar-refractivity contribution in [3.8, 4) is 0 Å². The number of nitrogens with zero attached hydrogens (tertiary/aromatic N) is 3. The molecule has 0 aromatic carbocycles. The molecule has 7 heteroatoms. The Balaban J connectivity index is 4.34. The van der Waals surface area contributed by atoms with Crippen LogP contribution in [-0.2, 0) is 0 Å². The zero-order valence-electron chi connectivity index (χ0n) is 8.28. The van der Waals surface area contributed by atoms with Crippen molar-refractivity contribution in [3.05, 3.63) is 0 Å². The number of nitrogens with two attached hydrogens (primary N) is 3. The molecule has 78 valence electrons. The van der Waals surface area contributed by atoms with E-state index >= 15 is 0 Å². The first-order valence-corrected chi connectivity index (χ1v) is 3.89. The van der Waals surface area contributed by atoms with Gasteiger partial charge in [-0.25, -0.2) is 9.98 Å². The molecule has 0 atom stereocenters. The molecule has 0 radical (unpaired) electrons. The van der Waals surface area contributed by atoms with Gasteiger partial charge in [0.2, 0.25) is 5.96 Å². The molecule has 0 saturated carbocycles. The summed E-state index contributed by atoms with van der Waals surface area (Å²) in [7, 11) is 1.50. The Morgan fingerprint density at radius 1 is 1.21 bits per heavy atom. The number of hydrogen-bond acceptors (Lipinski definition) is 2. The van der Waals surface area contributed by atoms with Gasteiger partial charge in [-0.2, -0.15) is 0 Å². The van der Waals surface area contributed by atoms with Gasteiger partial charge >= 0.3 is 0 Å². The van der Waals surface area contributed by atoms with E-state index in [1.54, 1.807) is 6.92 Å². The van der Waals surface area contributed by atoms with Gasteiger partial charge in [-0.3, -0.25) is 10.4 Å². The van der Waals surface area contributed by atoms with Gasteiger partial charge in [0, 0.05) is 7.05 Å². The van der Waals surface area contributed by atoms with Crippen LogP contribution in [0.2, 0.25) is 0 Å². The van der Waals surface area contributed by atoms with Crippen molar-refractivity contribution < 1.29 is 0 Å². The largest absolute Gasteiger partial charge is 0.387 e. The van der Waals surface area contributed by atoms with E-state index in [0.717, 1.165) is 0 Å². The number of guanidine groups is 1. The summed E-state index contributed by atoms with van der Waals surface area (Å²) >= 11 is 0. The van der Waals surface area contributed by atoms with Crippen molar-refractivity contribution in [1.29, 1.82) is 5.41 Å². The third-order valence-electron chi connectivity index (χ3n) is 1.15. The molecule has 0 aliphatic carbocycles. The highest BCUT2D eigenvalue weighted by Crippen LogP contribution is 1.87. The van der Waals surface area contributed by atoms with Gasteiger partial charge in [-0.15, -0.1) is 0 Å². The summed E-state index contributed by atoms with van der Waals surface area (Å²) < 4.78 is 0. The van der Waals surface area contributed by atoms with Gasteiger partial charge in [0.1, 0.15) is 11.7 Å². The molecule has 0 unspecified atom stereocenters. The third kappa shape index (κ3) is 5.70. The zero-order valence-corrected chi connectivity index (χ0v) is 8.28. The van der Waals surface area contributed by atoms with Crippen LogP contribution in [0.5, 0.6) is 0 Å². The van der Waals surface area contributed by atoms with Crippen molar-refractivity contribution >= 4 is 23.5 Å². The second kappa shape index (κ2) is 5.68. The minimum Gasteiger partial charge on any atom is -0.387 e. The molecule has 0 aromatic heterocycles. The highest BCUT2D eigenvalue weighted by molar-refractivity contribution is 6.07. The molecule has 0 spiro atoms. The molecule has 7 nitrogen and oxygen atoms in total. The molecule has 14 heavy (non-hydrogen) atoms. The maximum absolute atomic E-state index is 7.34. The lowest BCUT2D eigenvalue weighted by Gasteiger charge is -1.98. The van der Waals surface area contributed by atoms with E-state index < -0.39 is 0 Å². The van der Waals surface area contributed by atoms with Crippen LogP contribution in [0, 0.1) is 5.41 Å². The second-order valence-electron chi connectivity index (χ2n) is 2.56. The molecule has 0 bridgehead atoms. The van der Waals surface area contributed by atoms with E-state index in [1.807, 2.05) is 0 Å². The predicted molar refractivity (Wildman–Crippen MR) is 58.8 cm³/mol. The first-order chi connectivity index (χ1) is 6.45. The van der Waals surface area contributed by atoms with Crippen molar-refractivity contribution in [2.75, 3.05) is 7.05 Å². The normalized spacial score (nSPS) is 14.3. The average Bonchev–Trinajstić information content (AvgIpc) is 2.01. The monoisotopic (exact) mass is 197 g/mol. The summed E-state index contributed by atoms with van der Waals surface area (Å²) in [6.07, 6.45) is 0.102. The lowest BCUT2D eigenvalue weighted by Crippen LogP contribution is -2.21. The predicted octanol–water partition coefficient (Wildman–Crippen LogP) is -0.967. The quantitative estimate of drug-likeness (QED) is 0.334. The fourth-order valence-corrected chi connectivity index (χ4v) is 0.661. The summed E-state index contributed by atoms with van der Waals surface area (Å²) in [5.41, 5.74) is 16.0. The number of rotatable bonds is 2. The smallest absolute Gasteiger partial charge is 0.216 e. The lowest BCUT2D eigenvalue weighted by molar-refractivity contribution is 1.29. The molecular weight excluding hydrogens is 182 g/mol. The maximum Gasteiger partial charge on any atom is 0.216 e. The minimum atomic E-state index is 0.0372. The molecule has 0 heterocycles. The molecule has 0 amide bonds. The van der Waals surface area contributed by atoms with Crippen LogP contribution < -0.4 is 17.2 Å². The highest BCUT2D eigenvalue weighted by atomic mass is 15.1. The topological polar surface area (TPSA) is 139 Å². The highest BCUT2D eigenvalue weighted by Gasteiger charge is 1.99. The van der Waals surface area contributed by atoms with Crippen LogP contribution in [0.1, 0.15) is 13.3 Å². The first-order valence-electron chi connectivity index (χ1n) is 3.89. The summed E-state index contributed by atoms with van der Waals surface area (Å²) in [6, 6.07) is 0. The Bertz CT molecular complexity index is 295. The van der Waals surface area contributed by atoms with E-state index in [1.165, 1.54) is 7.05 Å². The third-order valence-corrected chi connectivity index (χ3v) is 1.15. The number of hydrogen-bond donors (Lipinski definition) is 4. The number of nitrogens with one attached hydrogen (secondary N) is 1. The Hall–Kier alpha value is -1.92. The summed E-state index contributed by atoms with van der Waals surface area (Å²) in [5.74, 6) is 0.599. The van der Waals surface area contributed by atoms with Gasteiger partial charge in [-0.05, 0) is 6.92 Å². The lowest BCUT2D eigenvalue weighted by atomic mass is 10.3. The van der Waals surface area contributed by atoms with E-state index in [9.17, 15) is 0 Å². The van der Waals surface area contributed by atoms with Crippen LogP contribution >= 0.6 is 0 Å². The van der Waals surface area contributed by atoms with E-state index in [-0.39, 0.29) is 24.1 Å². The zero-order chi connectivity index (χ0) is 11.1. The van der Waals surface area contributed by atoms with E-state index in [0.29, 0.717) is 5.84 Å². The van der Waals surface area contributed by atoms with Crippen LogP contribution in [-0.4, -0.2) is 30.5 Å². The van der Waals surface area contributed by atoms with Gasteiger partial charge in [0.25, 0.3) is 0 Å². The van der Waals surface area contributed by atoms with Gasteiger partial charge in [-0.1, -0.05) is 0 Å². The van der Waals surface area contributed by atoms with Crippen molar-refractivity contribution in [1.82, 2.24) is 0 Å². The SMILES string of the molecule is CN=C(N)N=C(N)CC(=N)N=C(C)N. The standard InChI is InChI=1S/C7H15N7/c1-4(8)13-5(9)3-6(10)14-7(11)12-2/h3H2,1-2H3,(H3,8,9,13)(H4,10,11,12,14). The molecule has 0 fully saturated rings. The fourth-order valence-electron chi connectivity index (χ4n) is 0.661. The van der Waals surface area contributed by atoms with E-state index in [4.69, 9.17) is 22.6 Å². The Kier molecular flexibility index (Phi) is 4.90. The van der Waals surface area contributed by atoms with E-state index in [2.05, 4.69) is 15.0 Å². The number of aliphatic imine (C=N–C) groups is 3. The fraction of sp³-hybridized carbons (Fsp3) is 0.429. The summed E-state index contributed by atoms with van der Waals surface area (Å²) in [5, 5.41) is 7.34. The van der Waals surface area contributed by atoms with Gasteiger partial charge < -0.3 is 17.2 Å². The first kappa shape index (κ1) is 12.1. The summed E-state index contributed by atoms with van der Waals surface area (Å²) in [6.45, 7) is 1.59. The second-order valence-corrected chi connectivity index (χ2v) is 2.56. The van der Waals surface area contributed by atoms with Crippen LogP contribution in [0.4, 0.5) is 0 Å². The summed E-state index contributed by atoms with van der Waals surface area (Å²) in [4.78, 5) is 11.0. The van der Waals surface area contributed by atoms with Crippen molar-refractivity contribution in [2.45, 2.75) is 13.3 Å². The Morgan fingerprint density at radius 3 is 2.21 bits per heavy atom. The molecule has 0 saturated heterocycles. The molecule has 0 aliphatic rings. The van der Waals surface area contributed by atoms with Crippen molar-refractivity contribution in [3.63, 3.8) is 0 Å². The average molecular weight is 197 g/mol. The van der Waals surface area contributed by atoms with Gasteiger partial charge in [0.05, 0.1) is 12.3 Å². The molecule has 7 N–H and O–H groups in total.